The summed E-state index contributed by atoms with van der Waals surface area (Å²) >= 11 is 6.08. The second-order valence-corrected chi connectivity index (χ2v) is 4.28. The predicted molar refractivity (Wildman–Crippen MR) is 69.5 cm³/mol. The Kier molecular flexibility index (Phi) is 6.11. The molecule has 0 unspecified atom stereocenters. The zero-order chi connectivity index (χ0) is 13.5. The van der Waals surface area contributed by atoms with Crippen molar-refractivity contribution in [3.8, 4) is 0 Å². The molecule has 1 amide bonds. The molecule has 18 heavy (non-hydrogen) atoms. The number of ether oxygens (including phenoxy) is 1. The molecule has 0 spiro atoms. The molecule has 6 nitrogen and oxygen atoms in total. The van der Waals surface area contributed by atoms with Crippen LogP contribution in [0.15, 0.2) is 0 Å². The number of aromatic nitrogens is 2. The van der Waals surface area contributed by atoms with Crippen molar-refractivity contribution in [1.82, 2.24) is 20.4 Å². The van der Waals surface area contributed by atoms with E-state index >= 15 is 0 Å². The van der Waals surface area contributed by atoms with E-state index in [2.05, 4.69) is 15.7 Å². The van der Waals surface area contributed by atoms with Gasteiger partial charge in [-0.05, 0) is 6.92 Å². The number of nitrogens with zero attached hydrogens (tertiary/aromatic N) is 2. The van der Waals surface area contributed by atoms with Gasteiger partial charge in [0.05, 0.1) is 18.8 Å². The van der Waals surface area contributed by atoms with E-state index in [1.54, 1.807) is 18.8 Å². The van der Waals surface area contributed by atoms with Crippen LogP contribution in [0.2, 0.25) is 5.15 Å². The summed E-state index contributed by atoms with van der Waals surface area (Å²) in [7, 11) is 3.38. The van der Waals surface area contributed by atoms with Crippen molar-refractivity contribution in [3.63, 3.8) is 0 Å². The van der Waals surface area contributed by atoms with Crippen LogP contribution in [0.4, 0.5) is 0 Å². The highest BCUT2D eigenvalue weighted by Crippen LogP contribution is 2.17. The Morgan fingerprint density at radius 2 is 2.28 bits per heavy atom. The molecule has 0 bridgehead atoms. The third kappa shape index (κ3) is 4.29. The van der Waals surface area contributed by atoms with E-state index in [0.29, 0.717) is 24.8 Å². The topological polar surface area (TPSA) is 68.2 Å². The maximum Gasteiger partial charge on any atom is 0.234 e. The maximum atomic E-state index is 11.4. The van der Waals surface area contributed by atoms with E-state index in [1.165, 1.54) is 0 Å². The van der Waals surface area contributed by atoms with Crippen LogP contribution in [0.25, 0.3) is 0 Å². The summed E-state index contributed by atoms with van der Waals surface area (Å²) in [5.41, 5.74) is 1.79. The first-order valence-electron chi connectivity index (χ1n) is 5.70. The second kappa shape index (κ2) is 7.35. The van der Waals surface area contributed by atoms with Crippen molar-refractivity contribution in [2.24, 2.45) is 7.05 Å². The third-order valence-corrected chi connectivity index (χ3v) is 2.96. The van der Waals surface area contributed by atoms with Gasteiger partial charge in [0, 0.05) is 32.8 Å². The van der Waals surface area contributed by atoms with E-state index in [4.69, 9.17) is 16.3 Å². The molecule has 0 atom stereocenters. The van der Waals surface area contributed by atoms with E-state index in [1.807, 2.05) is 6.92 Å². The molecule has 2 N–H and O–H groups in total. The van der Waals surface area contributed by atoms with Gasteiger partial charge in [0.25, 0.3) is 0 Å². The van der Waals surface area contributed by atoms with Crippen molar-refractivity contribution in [2.45, 2.75) is 13.5 Å². The number of methoxy groups -OCH3 is 1. The molecule has 0 radical (unpaired) electrons. The quantitative estimate of drug-likeness (QED) is 0.699. The molecule has 0 fully saturated rings. The number of amides is 1. The second-order valence-electron chi connectivity index (χ2n) is 3.92. The lowest BCUT2D eigenvalue weighted by Crippen LogP contribution is -2.35. The number of hydrogen-bond donors (Lipinski definition) is 2. The molecule has 0 saturated heterocycles. The highest BCUT2D eigenvalue weighted by molar-refractivity contribution is 6.30. The third-order valence-electron chi connectivity index (χ3n) is 2.49. The maximum absolute atomic E-state index is 11.4. The molecule has 1 rings (SSSR count). The zero-order valence-corrected chi connectivity index (χ0v) is 11.7. The van der Waals surface area contributed by atoms with Crippen LogP contribution in [0.3, 0.4) is 0 Å². The molecule has 7 heteroatoms. The molecule has 0 aromatic carbocycles. The molecule has 0 aliphatic carbocycles. The highest BCUT2D eigenvalue weighted by Gasteiger charge is 2.10. The van der Waals surface area contributed by atoms with Crippen molar-refractivity contribution in [1.29, 1.82) is 0 Å². The van der Waals surface area contributed by atoms with Gasteiger partial charge in [-0.3, -0.25) is 9.48 Å². The van der Waals surface area contributed by atoms with Crippen molar-refractivity contribution < 1.29 is 9.53 Å². The number of nitrogens with one attached hydrogen (secondary N) is 2. The minimum absolute atomic E-state index is 0.0651. The summed E-state index contributed by atoms with van der Waals surface area (Å²) in [5.74, 6) is -0.0651. The first-order valence-corrected chi connectivity index (χ1v) is 6.08. The fraction of sp³-hybridized carbons (Fsp3) is 0.636. The normalized spacial score (nSPS) is 10.7. The van der Waals surface area contributed by atoms with Gasteiger partial charge in [-0.25, -0.2) is 0 Å². The summed E-state index contributed by atoms with van der Waals surface area (Å²) in [4.78, 5) is 11.4. The summed E-state index contributed by atoms with van der Waals surface area (Å²) < 4.78 is 6.45. The van der Waals surface area contributed by atoms with E-state index in [0.717, 1.165) is 11.3 Å². The summed E-state index contributed by atoms with van der Waals surface area (Å²) in [6.45, 7) is 3.69. The Morgan fingerprint density at radius 3 is 2.83 bits per heavy atom. The largest absolute Gasteiger partial charge is 0.383 e. The Balaban J connectivity index is 2.31. The van der Waals surface area contributed by atoms with Crippen LogP contribution in [-0.2, 0) is 23.1 Å². The van der Waals surface area contributed by atoms with Crippen LogP contribution >= 0.6 is 11.6 Å². The van der Waals surface area contributed by atoms with E-state index < -0.39 is 0 Å². The smallest absolute Gasteiger partial charge is 0.234 e. The molecule has 102 valence electrons. The summed E-state index contributed by atoms with van der Waals surface area (Å²) in [6, 6.07) is 0. The number of hydrogen-bond acceptors (Lipinski definition) is 4. The first-order chi connectivity index (χ1) is 8.56. The van der Waals surface area contributed by atoms with Gasteiger partial charge in [0.15, 0.2) is 0 Å². The van der Waals surface area contributed by atoms with Crippen molar-refractivity contribution >= 4 is 17.5 Å². The molecule has 0 saturated carbocycles. The lowest BCUT2D eigenvalue weighted by atomic mass is 10.2. The van der Waals surface area contributed by atoms with Gasteiger partial charge in [-0.1, -0.05) is 11.6 Å². The monoisotopic (exact) mass is 274 g/mol. The lowest BCUT2D eigenvalue weighted by molar-refractivity contribution is -0.120. The highest BCUT2D eigenvalue weighted by atomic mass is 35.5. The number of carbonyl (C=O) groups is 1. The fourth-order valence-corrected chi connectivity index (χ4v) is 1.77. The summed E-state index contributed by atoms with van der Waals surface area (Å²) in [5, 5.41) is 10.6. The van der Waals surface area contributed by atoms with Gasteiger partial charge < -0.3 is 15.4 Å². The first kappa shape index (κ1) is 14.9. The van der Waals surface area contributed by atoms with Crippen molar-refractivity contribution in [2.75, 3.05) is 26.8 Å². The van der Waals surface area contributed by atoms with Gasteiger partial charge in [-0.2, -0.15) is 5.10 Å². The van der Waals surface area contributed by atoms with Crippen molar-refractivity contribution in [3.05, 3.63) is 16.4 Å². The average molecular weight is 275 g/mol. The average Bonchev–Trinajstić information content (AvgIpc) is 2.56. The Hall–Kier alpha value is -1.11. The molecule has 1 heterocycles. The zero-order valence-electron chi connectivity index (χ0n) is 10.9. The van der Waals surface area contributed by atoms with Gasteiger partial charge in [-0.15, -0.1) is 0 Å². The molecular weight excluding hydrogens is 256 g/mol. The van der Waals surface area contributed by atoms with Gasteiger partial charge in [0.2, 0.25) is 5.91 Å². The molecule has 0 aliphatic rings. The molecule has 1 aromatic rings. The van der Waals surface area contributed by atoms with Crippen LogP contribution in [0.1, 0.15) is 11.3 Å². The Morgan fingerprint density at radius 1 is 1.56 bits per heavy atom. The van der Waals surface area contributed by atoms with E-state index in [9.17, 15) is 4.79 Å². The Labute approximate surface area is 112 Å². The Bertz CT molecular complexity index is 406. The van der Waals surface area contributed by atoms with Gasteiger partial charge >= 0.3 is 0 Å². The minimum Gasteiger partial charge on any atom is -0.383 e. The fourth-order valence-electron chi connectivity index (χ4n) is 1.53. The predicted octanol–water partition coefficient (Wildman–Crippen LogP) is 0.234. The molecule has 0 aliphatic heterocycles. The van der Waals surface area contributed by atoms with Gasteiger partial charge in [0.1, 0.15) is 5.15 Å². The number of carbonyl (C=O) groups excluding carboxylic acids is 1. The van der Waals surface area contributed by atoms with Crippen LogP contribution in [0, 0.1) is 6.92 Å². The summed E-state index contributed by atoms with van der Waals surface area (Å²) in [6.07, 6.45) is 0. The van der Waals surface area contributed by atoms with Crippen LogP contribution < -0.4 is 10.6 Å². The SMILES string of the molecule is COCCNC(=O)CNCc1c(C)nn(C)c1Cl. The van der Waals surface area contributed by atoms with Crippen LogP contribution in [0.5, 0.6) is 0 Å². The molecular formula is C11H19ClN4O2. The number of aryl methyl sites for hydroxylation is 2. The number of rotatable bonds is 7. The molecule has 1 aromatic heterocycles. The minimum atomic E-state index is -0.0651. The lowest BCUT2D eigenvalue weighted by Gasteiger charge is -2.06. The standard InChI is InChI=1S/C11H19ClN4O2/c1-8-9(11(12)16(2)15-8)6-13-7-10(17)14-4-5-18-3/h13H,4-7H2,1-3H3,(H,14,17). The van der Waals surface area contributed by atoms with Crippen LogP contribution in [-0.4, -0.2) is 42.5 Å². The number of halogens is 1. The van der Waals surface area contributed by atoms with E-state index in [-0.39, 0.29) is 12.5 Å².